The highest BCUT2D eigenvalue weighted by atomic mass is 35.5. The molecule has 2 aromatic carbocycles. The lowest BCUT2D eigenvalue weighted by molar-refractivity contribution is 0.102. The van der Waals surface area contributed by atoms with Crippen LogP contribution in [-0.2, 0) is 0 Å². The summed E-state index contributed by atoms with van der Waals surface area (Å²) in [4.78, 5) is 24.8. The number of hydrogen-bond donors (Lipinski definition) is 2. The van der Waals surface area contributed by atoms with E-state index in [-0.39, 0.29) is 16.8 Å². The van der Waals surface area contributed by atoms with Crippen LogP contribution in [0.4, 0.5) is 15.8 Å². The van der Waals surface area contributed by atoms with Gasteiger partial charge in [-0.15, -0.1) is 11.3 Å². The van der Waals surface area contributed by atoms with Crippen LogP contribution in [0.15, 0.2) is 60.0 Å². The van der Waals surface area contributed by atoms with Crippen LogP contribution in [-0.4, -0.2) is 11.8 Å². The first-order valence-corrected chi connectivity index (χ1v) is 8.50. The van der Waals surface area contributed by atoms with Crippen molar-refractivity contribution in [3.8, 4) is 0 Å². The predicted octanol–water partition coefficient (Wildman–Crippen LogP) is 5.05. The third-order valence-corrected chi connectivity index (χ3v) is 4.49. The summed E-state index contributed by atoms with van der Waals surface area (Å²) in [5, 5.41) is 7.15. The van der Waals surface area contributed by atoms with E-state index in [9.17, 15) is 14.0 Å². The fraction of sp³-hybridized carbons (Fsp3) is 0. The van der Waals surface area contributed by atoms with Crippen LogP contribution in [0.1, 0.15) is 20.0 Å². The summed E-state index contributed by atoms with van der Waals surface area (Å²) in [6.45, 7) is 0. The molecule has 2 N–H and O–H groups in total. The Hall–Kier alpha value is -2.70. The van der Waals surface area contributed by atoms with Gasteiger partial charge in [0.2, 0.25) is 0 Å². The molecule has 1 heterocycles. The van der Waals surface area contributed by atoms with Crippen LogP contribution in [0.2, 0.25) is 5.02 Å². The number of hydrogen-bond acceptors (Lipinski definition) is 3. The lowest BCUT2D eigenvalue weighted by Crippen LogP contribution is -2.13. The number of benzene rings is 2. The lowest BCUT2D eigenvalue weighted by atomic mass is 10.2. The van der Waals surface area contributed by atoms with E-state index < -0.39 is 5.82 Å². The van der Waals surface area contributed by atoms with Crippen molar-refractivity contribution in [2.75, 3.05) is 10.6 Å². The normalized spacial score (nSPS) is 10.3. The summed E-state index contributed by atoms with van der Waals surface area (Å²) in [6, 6.07) is 13.9. The second kappa shape index (κ2) is 7.46. The van der Waals surface area contributed by atoms with Crippen LogP contribution in [0, 0.1) is 5.82 Å². The van der Waals surface area contributed by atoms with Crippen molar-refractivity contribution in [2.45, 2.75) is 0 Å². The smallest absolute Gasteiger partial charge is 0.265 e. The molecule has 0 aliphatic heterocycles. The Bertz CT molecular complexity index is 911. The third kappa shape index (κ3) is 4.23. The summed E-state index contributed by atoms with van der Waals surface area (Å²) >= 11 is 7.04. The van der Waals surface area contributed by atoms with Gasteiger partial charge in [-0.3, -0.25) is 9.59 Å². The molecule has 3 aromatic rings. The van der Waals surface area contributed by atoms with Crippen LogP contribution < -0.4 is 10.6 Å². The van der Waals surface area contributed by atoms with E-state index >= 15 is 0 Å². The Morgan fingerprint density at radius 2 is 1.60 bits per heavy atom. The number of amides is 2. The molecule has 2 amide bonds. The summed E-state index contributed by atoms with van der Waals surface area (Å²) < 4.78 is 13.1. The maximum Gasteiger partial charge on any atom is 0.265 e. The molecule has 0 saturated heterocycles. The van der Waals surface area contributed by atoms with Gasteiger partial charge in [-0.25, -0.2) is 4.39 Å². The molecular formula is C18H12ClFN2O2S. The van der Waals surface area contributed by atoms with Crippen LogP contribution in [0.5, 0.6) is 0 Å². The largest absolute Gasteiger partial charge is 0.322 e. The zero-order chi connectivity index (χ0) is 17.8. The van der Waals surface area contributed by atoms with Crippen molar-refractivity contribution >= 4 is 46.1 Å². The minimum atomic E-state index is -0.550. The summed E-state index contributed by atoms with van der Waals surface area (Å²) in [5.41, 5.74) is 1.38. The first-order valence-electron chi connectivity index (χ1n) is 7.24. The van der Waals surface area contributed by atoms with Crippen molar-refractivity contribution in [1.29, 1.82) is 0 Å². The van der Waals surface area contributed by atoms with Gasteiger partial charge in [-0.1, -0.05) is 17.7 Å². The van der Waals surface area contributed by atoms with E-state index in [2.05, 4.69) is 10.6 Å². The van der Waals surface area contributed by atoms with Gasteiger partial charge in [0.25, 0.3) is 11.8 Å². The van der Waals surface area contributed by atoms with Gasteiger partial charge in [0.15, 0.2) is 0 Å². The molecule has 0 aliphatic carbocycles. The second-order valence-electron chi connectivity index (χ2n) is 5.09. The minimum absolute atomic E-state index is 0.0653. The van der Waals surface area contributed by atoms with Crippen LogP contribution in [0.3, 0.4) is 0 Å². The van der Waals surface area contributed by atoms with Crippen LogP contribution in [0.25, 0.3) is 0 Å². The number of rotatable bonds is 4. The van der Waals surface area contributed by atoms with E-state index in [1.54, 1.807) is 36.4 Å². The standard InChI is InChI=1S/C18H12ClFN2O2S/c19-14-10-13(7-8-15(14)20)22-17(23)11-3-5-12(6-4-11)21-18(24)16-2-1-9-25-16/h1-10H,(H,21,24)(H,22,23). The molecule has 0 bridgehead atoms. The van der Waals surface area contributed by atoms with Gasteiger partial charge < -0.3 is 10.6 Å². The second-order valence-corrected chi connectivity index (χ2v) is 6.45. The molecular weight excluding hydrogens is 363 g/mol. The highest BCUT2D eigenvalue weighted by Gasteiger charge is 2.10. The Morgan fingerprint density at radius 3 is 2.24 bits per heavy atom. The number of carbonyl (C=O) groups is 2. The van der Waals surface area contributed by atoms with Crippen molar-refractivity contribution < 1.29 is 14.0 Å². The van der Waals surface area contributed by atoms with Gasteiger partial charge in [-0.2, -0.15) is 0 Å². The van der Waals surface area contributed by atoms with E-state index in [0.29, 0.717) is 21.8 Å². The molecule has 25 heavy (non-hydrogen) atoms. The summed E-state index contributed by atoms with van der Waals surface area (Å²) in [7, 11) is 0. The molecule has 0 aliphatic rings. The minimum Gasteiger partial charge on any atom is -0.322 e. The molecule has 126 valence electrons. The van der Waals surface area contributed by atoms with Gasteiger partial charge in [0.1, 0.15) is 5.82 Å². The number of thiophene rings is 1. The Labute approximate surface area is 152 Å². The zero-order valence-corrected chi connectivity index (χ0v) is 14.3. The topological polar surface area (TPSA) is 58.2 Å². The predicted molar refractivity (Wildman–Crippen MR) is 98.1 cm³/mol. The molecule has 0 atom stereocenters. The number of halogens is 2. The van der Waals surface area contributed by atoms with Crippen molar-refractivity contribution in [3.63, 3.8) is 0 Å². The number of anilines is 2. The fourth-order valence-electron chi connectivity index (χ4n) is 2.08. The molecule has 0 unspecified atom stereocenters. The fourth-order valence-corrected chi connectivity index (χ4v) is 2.88. The van der Waals surface area contributed by atoms with Gasteiger partial charge in [-0.05, 0) is 53.9 Å². The molecule has 0 saturated carbocycles. The van der Waals surface area contributed by atoms with E-state index in [4.69, 9.17) is 11.6 Å². The zero-order valence-electron chi connectivity index (χ0n) is 12.8. The molecule has 1 aromatic heterocycles. The van der Waals surface area contributed by atoms with E-state index in [1.165, 1.54) is 29.5 Å². The SMILES string of the molecule is O=C(Nc1ccc(F)c(Cl)c1)c1ccc(NC(=O)c2cccs2)cc1. The Balaban J connectivity index is 1.66. The molecule has 3 rings (SSSR count). The monoisotopic (exact) mass is 374 g/mol. The van der Waals surface area contributed by atoms with Crippen molar-refractivity contribution in [2.24, 2.45) is 0 Å². The molecule has 7 heteroatoms. The maximum absolute atomic E-state index is 13.1. The Morgan fingerprint density at radius 1 is 0.920 bits per heavy atom. The molecule has 4 nitrogen and oxygen atoms in total. The first-order chi connectivity index (χ1) is 12.0. The molecule has 0 spiro atoms. The molecule has 0 radical (unpaired) electrons. The summed E-state index contributed by atoms with van der Waals surface area (Å²) in [5.74, 6) is -1.11. The third-order valence-electron chi connectivity index (χ3n) is 3.33. The van der Waals surface area contributed by atoms with Gasteiger partial charge >= 0.3 is 0 Å². The van der Waals surface area contributed by atoms with Gasteiger partial charge in [0, 0.05) is 16.9 Å². The maximum atomic E-state index is 13.1. The van der Waals surface area contributed by atoms with Crippen molar-refractivity contribution in [1.82, 2.24) is 0 Å². The number of carbonyl (C=O) groups excluding carboxylic acids is 2. The highest BCUT2D eigenvalue weighted by Crippen LogP contribution is 2.20. The van der Waals surface area contributed by atoms with E-state index in [1.807, 2.05) is 5.38 Å². The summed E-state index contributed by atoms with van der Waals surface area (Å²) in [6.07, 6.45) is 0. The van der Waals surface area contributed by atoms with Crippen molar-refractivity contribution in [3.05, 3.63) is 81.3 Å². The van der Waals surface area contributed by atoms with Crippen LogP contribution >= 0.6 is 22.9 Å². The van der Waals surface area contributed by atoms with Gasteiger partial charge in [0.05, 0.1) is 9.90 Å². The Kier molecular flexibility index (Phi) is 5.11. The lowest BCUT2D eigenvalue weighted by Gasteiger charge is -2.08. The van der Waals surface area contributed by atoms with E-state index in [0.717, 1.165) is 0 Å². The first kappa shape index (κ1) is 17.1. The average Bonchev–Trinajstić information content (AvgIpc) is 3.13. The highest BCUT2D eigenvalue weighted by molar-refractivity contribution is 7.12. The quantitative estimate of drug-likeness (QED) is 0.671. The molecule has 0 fully saturated rings. The average molecular weight is 375 g/mol. The number of nitrogens with one attached hydrogen (secondary N) is 2.